The highest BCUT2D eigenvalue weighted by Gasteiger charge is 2.30. The maximum absolute atomic E-state index is 13.4. The molecule has 1 atom stereocenters. The summed E-state index contributed by atoms with van der Waals surface area (Å²) in [5.74, 6) is -0.878. The molecule has 0 fully saturated rings. The van der Waals surface area contributed by atoms with E-state index in [9.17, 15) is 22.4 Å². The molecule has 0 aliphatic heterocycles. The Kier molecular flexibility index (Phi) is 5.72. The molecule has 1 aromatic heterocycles. The number of carbonyl (C=O) groups excluding carboxylic acids is 1. The van der Waals surface area contributed by atoms with E-state index in [0.717, 1.165) is 24.3 Å². The van der Waals surface area contributed by atoms with Crippen LogP contribution >= 0.6 is 0 Å². The Balaban J connectivity index is 1.64. The van der Waals surface area contributed by atoms with E-state index in [2.05, 4.69) is 15.5 Å². The normalized spacial score (nSPS) is 12.4. The zero-order valence-electron chi connectivity index (χ0n) is 16.3. The predicted molar refractivity (Wildman–Crippen MR) is 107 cm³/mol. The topological polar surface area (TPSA) is 68.0 Å². The summed E-state index contributed by atoms with van der Waals surface area (Å²) in [5, 5.41) is 10.7. The minimum atomic E-state index is -4.51. The monoisotopic (exact) mass is 441 g/mol. The van der Waals surface area contributed by atoms with Gasteiger partial charge in [0.25, 0.3) is 5.91 Å². The van der Waals surface area contributed by atoms with Gasteiger partial charge in [-0.05, 0) is 54.1 Å². The third kappa shape index (κ3) is 4.66. The van der Waals surface area contributed by atoms with E-state index in [1.165, 1.54) is 24.3 Å². The molecule has 162 valence electrons. The van der Waals surface area contributed by atoms with E-state index in [4.69, 9.17) is 4.42 Å². The number of rotatable bonds is 5. The summed E-state index contributed by atoms with van der Waals surface area (Å²) >= 11 is 0. The minimum absolute atomic E-state index is 0.00732. The van der Waals surface area contributed by atoms with Crippen molar-refractivity contribution >= 4 is 5.91 Å². The van der Waals surface area contributed by atoms with Gasteiger partial charge in [-0.1, -0.05) is 30.3 Å². The second-order valence-corrected chi connectivity index (χ2v) is 6.84. The van der Waals surface area contributed by atoms with Gasteiger partial charge < -0.3 is 9.73 Å². The Morgan fingerprint density at radius 3 is 2.16 bits per heavy atom. The smallest absolute Gasteiger partial charge is 0.416 e. The zero-order valence-corrected chi connectivity index (χ0v) is 16.3. The average molecular weight is 441 g/mol. The zero-order chi connectivity index (χ0) is 22.7. The van der Waals surface area contributed by atoms with Crippen molar-refractivity contribution in [1.29, 1.82) is 0 Å². The van der Waals surface area contributed by atoms with Crippen LogP contribution in [0.25, 0.3) is 11.5 Å². The summed E-state index contributed by atoms with van der Waals surface area (Å²) in [6.45, 7) is 0. The molecular formula is C23H15F4N3O2. The summed E-state index contributed by atoms with van der Waals surface area (Å²) < 4.78 is 57.5. The highest BCUT2D eigenvalue weighted by Crippen LogP contribution is 2.30. The molecule has 0 saturated carbocycles. The molecule has 0 saturated heterocycles. The van der Waals surface area contributed by atoms with Gasteiger partial charge in [0.15, 0.2) is 0 Å². The third-order valence-electron chi connectivity index (χ3n) is 4.66. The molecule has 1 heterocycles. The number of nitrogens with one attached hydrogen (secondary N) is 1. The Hall–Kier alpha value is -4.01. The maximum atomic E-state index is 13.4. The molecule has 3 aromatic carbocycles. The summed E-state index contributed by atoms with van der Waals surface area (Å²) in [6, 6.07) is 17.1. The Morgan fingerprint density at radius 2 is 1.53 bits per heavy atom. The van der Waals surface area contributed by atoms with Crippen molar-refractivity contribution in [3.05, 3.63) is 107 Å². The van der Waals surface area contributed by atoms with Crippen molar-refractivity contribution in [3.8, 4) is 11.5 Å². The quantitative estimate of drug-likeness (QED) is 0.421. The Labute approximate surface area is 179 Å². The van der Waals surface area contributed by atoms with Gasteiger partial charge in [-0.2, -0.15) is 13.2 Å². The van der Waals surface area contributed by atoms with Crippen LogP contribution in [0, 0.1) is 5.82 Å². The number of carbonyl (C=O) groups is 1. The number of nitrogens with zero attached hydrogens (tertiary/aromatic N) is 2. The molecule has 32 heavy (non-hydrogen) atoms. The second kappa shape index (κ2) is 8.62. The molecule has 0 aliphatic rings. The van der Waals surface area contributed by atoms with Gasteiger partial charge in [0.1, 0.15) is 11.9 Å². The summed E-state index contributed by atoms with van der Waals surface area (Å²) in [6.07, 6.45) is -4.51. The van der Waals surface area contributed by atoms with Crippen molar-refractivity contribution in [2.24, 2.45) is 0 Å². The van der Waals surface area contributed by atoms with Gasteiger partial charge >= 0.3 is 6.18 Å². The predicted octanol–water partition coefficient (Wildman–Crippen LogP) is 5.41. The van der Waals surface area contributed by atoms with E-state index in [-0.39, 0.29) is 17.3 Å². The fourth-order valence-corrected chi connectivity index (χ4v) is 3.02. The SMILES string of the molecule is O=C(N[C@H](c1ccc(F)cc1)c1nnc(-c2ccccc2)o1)c1ccc(C(F)(F)F)cc1. The first-order valence-corrected chi connectivity index (χ1v) is 9.43. The van der Waals surface area contributed by atoms with Crippen LogP contribution < -0.4 is 5.32 Å². The molecule has 1 N–H and O–H groups in total. The maximum Gasteiger partial charge on any atom is 0.416 e. The lowest BCUT2D eigenvalue weighted by Gasteiger charge is -2.16. The number of halogens is 4. The third-order valence-corrected chi connectivity index (χ3v) is 4.66. The van der Waals surface area contributed by atoms with Crippen molar-refractivity contribution in [2.45, 2.75) is 12.2 Å². The highest BCUT2D eigenvalue weighted by molar-refractivity contribution is 5.94. The number of benzene rings is 3. The molecule has 0 bridgehead atoms. The van der Waals surface area contributed by atoms with Crippen LogP contribution in [0.1, 0.15) is 33.4 Å². The Bertz CT molecular complexity index is 1200. The molecule has 1 amide bonds. The van der Waals surface area contributed by atoms with Crippen LogP contribution in [-0.2, 0) is 6.18 Å². The van der Waals surface area contributed by atoms with Gasteiger partial charge in [-0.3, -0.25) is 4.79 Å². The largest absolute Gasteiger partial charge is 0.418 e. The molecular weight excluding hydrogens is 426 g/mol. The highest BCUT2D eigenvalue weighted by atomic mass is 19.4. The average Bonchev–Trinajstić information content (AvgIpc) is 3.28. The fraction of sp³-hybridized carbons (Fsp3) is 0.0870. The van der Waals surface area contributed by atoms with E-state index in [0.29, 0.717) is 11.1 Å². The number of aromatic nitrogens is 2. The van der Waals surface area contributed by atoms with E-state index < -0.39 is 29.5 Å². The molecule has 0 unspecified atom stereocenters. The molecule has 9 heteroatoms. The van der Waals surface area contributed by atoms with Crippen molar-refractivity contribution in [2.75, 3.05) is 0 Å². The molecule has 4 aromatic rings. The van der Waals surface area contributed by atoms with E-state index in [1.54, 1.807) is 24.3 Å². The van der Waals surface area contributed by atoms with Crippen molar-refractivity contribution < 1.29 is 26.8 Å². The molecule has 4 rings (SSSR count). The number of hydrogen-bond acceptors (Lipinski definition) is 4. The standard InChI is InChI=1S/C23H15F4N3O2/c24-18-12-8-14(9-13-18)19(22-30-29-21(32-22)16-4-2-1-3-5-16)28-20(31)15-6-10-17(11-7-15)23(25,26)27/h1-13,19H,(H,28,31)/t19-/m1/s1. The number of amides is 1. The van der Waals surface area contributed by atoms with Gasteiger partial charge in [0, 0.05) is 11.1 Å². The second-order valence-electron chi connectivity index (χ2n) is 6.84. The Morgan fingerprint density at radius 1 is 0.875 bits per heavy atom. The summed E-state index contributed by atoms with van der Waals surface area (Å²) in [7, 11) is 0. The number of hydrogen-bond donors (Lipinski definition) is 1. The van der Waals surface area contributed by atoms with E-state index in [1.807, 2.05) is 6.07 Å². The first kappa shape index (κ1) is 21.2. The first-order valence-electron chi connectivity index (χ1n) is 9.43. The number of alkyl halides is 3. The molecule has 5 nitrogen and oxygen atoms in total. The summed E-state index contributed by atoms with van der Waals surface area (Å²) in [4.78, 5) is 12.8. The van der Waals surface area contributed by atoms with Crippen LogP contribution in [0.4, 0.5) is 17.6 Å². The van der Waals surface area contributed by atoms with Crippen LogP contribution in [0.15, 0.2) is 83.3 Å². The van der Waals surface area contributed by atoms with Crippen LogP contribution in [-0.4, -0.2) is 16.1 Å². The lowest BCUT2D eigenvalue weighted by atomic mass is 10.1. The molecule has 0 spiro atoms. The van der Waals surface area contributed by atoms with E-state index >= 15 is 0 Å². The minimum Gasteiger partial charge on any atom is -0.418 e. The summed E-state index contributed by atoms with van der Waals surface area (Å²) in [5.41, 5.74) is 0.259. The van der Waals surface area contributed by atoms with Gasteiger partial charge in [0.05, 0.1) is 5.56 Å². The van der Waals surface area contributed by atoms with Crippen LogP contribution in [0.2, 0.25) is 0 Å². The van der Waals surface area contributed by atoms with Gasteiger partial charge in [-0.15, -0.1) is 10.2 Å². The first-order chi connectivity index (χ1) is 15.3. The molecule has 0 aliphatic carbocycles. The van der Waals surface area contributed by atoms with Crippen molar-refractivity contribution in [1.82, 2.24) is 15.5 Å². The lowest BCUT2D eigenvalue weighted by molar-refractivity contribution is -0.137. The van der Waals surface area contributed by atoms with Gasteiger partial charge in [-0.25, -0.2) is 4.39 Å². The molecule has 0 radical (unpaired) electrons. The van der Waals surface area contributed by atoms with Gasteiger partial charge in [0.2, 0.25) is 11.8 Å². The van der Waals surface area contributed by atoms with Crippen LogP contribution in [0.5, 0.6) is 0 Å². The fourth-order valence-electron chi connectivity index (χ4n) is 3.02. The van der Waals surface area contributed by atoms with Crippen molar-refractivity contribution in [3.63, 3.8) is 0 Å². The van der Waals surface area contributed by atoms with Crippen LogP contribution in [0.3, 0.4) is 0 Å². The lowest BCUT2D eigenvalue weighted by Crippen LogP contribution is -2.29.